The molecule has 2 rings (SSSR count). The van der Waals surface area contributed by atoms with Crippen molar-refractivity contribution in [1.29, 1.82) is 0 Å². The van der Waals surface area contributed by atoms with Crippen LogP contribution in [0.25, 0.3) is 0 Å². The molecular weight excluding hydrogens is 258 g/mol. The lowest BCUT2D eigenvalue weighted by atomic mass is 10.0. The van der Waals surface area contributed by atoms with Crippen LogP contribution in [0.1, 0.15) is 36.7 Å². The number of rotatable bonds is 3. The van der Waals surface area contributed by atoms with Crippen molar-refractivity contribution in [1.82, 2.24) is 9.97 Å². The van der Waals surface area contributed by atoms with E-state index in [1.54, 1.807) is 0 Å². The van der Waals surface area contributed by atoms with Gasteiger partial charge >= 0.3 is 0 Å². The molecule has 0 atom stereocenters. The highest BCUT2D eigenvalue weighted by atomic mass is 35.5. The fraction of sp³-hybridized carbons (Fsp3) is 0.333. The van der Waals surface area contributed by atoms with Gasteiger partial charge in [-0.2, -0.15) is 0 Å². The second-order valence-corrected chi connectivity index (χ2v) is 5.30. The van der Waals surface area contributed by atoms with Crippen molar-refractivity contribution in [3.05, 3.63) is 46.4 Å². The molecule has 0 radical (unpaired) electrons. The second-order valence-electron chi connectivity index (χ2n) is 4.94. The van der Waals surface area contributed by atoms with E-state index >= 15 is 0 Å². The summed E-state index contributed by atoms with van der Waals surface area (Å²) in [5, 5.41) is 3.81. The van der Waals surface area contributed by atoms with E-state index in [0.717, 1.165) is 17.1 Å². The predicted octanol–water partition coefficient (Wildman–Crippen LogP) is 4.61. The topological polar surface area (TPSA) is 37.8 Å². The fourth-order valence-corrected chi connectivity index (χ4v) is 2.04. The summed E-state index contributed by atoms with van der Waals surface area (Å²) in [6.45, 7) is 8.10. The van der Waals surface area contributed by atoms with Gasteiger partial charge < -0.3 is 5.32 Å². The zero-order valence-electron chi connectivity index (χ0n) is 11.7. The highest BCUT2D eigenvalue weighted by Crippen LogP contribution is 2.25. The molecule has 0 saturated carbocycles. The Kier molecular flexibility index (Phi) is 4.05. The molecule has 0 unspecified atom stereocenters. The average Bonchev–Trinajstić information content (AvgIpc) is 2.35. The maximum atomic E-state index is 6.08. The fourth-order valence-electron chi connectivity index (χ4n) is 1.83. The third-order valence-corrected chi connectivity index (χ3v) is 3.38. The van der Waals surface area contributed by atoms with Gasteiger partial charge in [0.2, 0.25) is 0 Å². The molecule has 1 heterocycles. The van der Waals surface area contributed by atoms with Crippen molar-refractivity contribution in [3.8, 4) is 0 Å². The molecule has 0 aliphatic heterocycles. The summed E-state index contributed by atoms with van der Waals surface area (Å²) in [6, 6.07) is 8.33. The molecule has 1 aromatic carbocycles. The Morgan fingerprint density at radius 1 is 1.16 bits per heavy atom. The van der Waals surface area contributed by atoms with Gasteiger partial charge in [-0.25, -0.2) is 9.97 Å². The lowest BCUT2D eigenvalue weighted by Gasteiger charge is -2.12. The average molecular weight is 276 g/mol. The van der Waals surface area contributed by atoms with Crippen LogP contribution in [0, 0.1) is 13.8 Å². The van der Waals surface area contributed by atoms with Gasteiger partial charge in [0, 0.05) is 11.3 Å². The van der Waals surface area contributed by atoms with E-state index in [1.807, 2.05) is 26.0 Å². The number of halogens is 1. The molecule has 0 aliphatic carbocycles. The normalized spacial score (nSPS) is 10.8. The van der Waals surface area contributed by atoms with Crippen molar-refractivity contribution in [3.63, 3.8) is 0 Å². The van der Waals surface area contributed by atoms with E-state index in [1.165, 1.54) is 5.56 Å². The Labute approximate surface area is 119 Å². The van der Waals surface area contributed by atoms with Crippen LogP contribution in [-0.4, -0.2) is 9.97 Å². The van der Waals surface area contributed by atoms with Gasteiger partial charge in [0.15, 0.2) is 0 Å². The number of benzene rings is 1. The molecule has 0 amide bonds. The first kappa shape index (κ1) is 13.8. The molecule has 0 saturated heterocycles. The van der Waals surface area contributed by atoms with Gasteiger partial charge in [-0.15, -0.1) is 0 Å². The smallest absolute Gasteiger partial charge is 0.138 e. The largest absolute Gasteiger partial charge is 0.340 e. The molecule has 100 valence electrons. The zero-order chi connectivity index (χ0) is 14.0. The van der Waals surface area contributed by atoms with E-state index < -0.39 is 0 Å². The van der Waals surface area contributed by atoms with E-state index in [4.69, 9.17) is 11.6 Å². The van der Waals surface area contributed by atoms with Crippen LogP contribution in [0.2, 0.25) is 5.15 Å². The predicted molar refractivity (Wildman–Crippen MR) is 80.3 cm³/mol. The standard InChI is InChI=1S/C15H18ClN3/c1-9(2)12-6-5-7-13(8-12)19-15-10(3)14(16)17-11(4)18-15/h5-9H,1-4H3,(H,17,18,19). The zero-order valence-corrected chi connectivity index (χ0v) is 12.4. The van der Waals surface area contributed by atoms with Gasteiger partial charge in [0.25, 0.3) is 0 Å². The van der Waals surface area contributed by atoms with E-state index in [9.17, 15) is 0 Å². The summed E-state index contributed by atoms with van der Waals surface area (Å²) in [7, 11) is 0. The van der Waals surface area contributed by atoms with E-state index in [0.29, 0.717) is 16.9 Å². The minimum atomic E-state index is 0.495. The van der Waals surface area contributed by atoms with Crippen LogP contribution in [-0.2, 0) is 0 Å². The highest BCUT2D eigenvalue weighted by molar-refractivity contribution is 6.30. The van der Waals surface area contributed by atoms with Crippen molar-refractivity contribution < 1.29 is 0 Å². The Hall–Kier alpha value is -1.61. The monoisotopic (exact) mass is 275 g/mol. The van der Waals surface area contributed by atoms with Crippen molar-refractivity contribution in [2.45, 2.75) is 33.6 Å². The van der Waals surface area contributed by atoms with Crippen molar-refractivity contribution in [2.75, 3.05) is 5.32 Å². The van der Waals surface area contributed by atoms with Crippen LogP contribution < -0.4 is 5.32 Å². The summed E-state index contributed by atoms with van der Waals surface area (Å²) in [6.07, 6.45) is 0. The quantitative estimate of drug-likeness (QED) is 0.831. The third kappa shape index (κ3) is 3.24. The molecule has 2 aromatic rings. The van der Waals surface area contributed by atoms with E-state index in [-0.39, 0.29) is 0 Å². The van der Waals surface area contributed by atoms with E-state index in [2.05, 4.69) is 41.3 Å². The molecule has 19 heavy (non-hydrogen) atoms. The molecule has 3 nitrogen and oxygen atoms in total. The first-order chi connectivity index (χ1) is 8.97. The minimum Gasteiger partial charge on any atom is -0.340 e. The van der Waals surface area contributed by atoms with Gasteiger partial charge in [-0.05, 0) is 37.5 Å². The molecular formula is C15H18ClN3. The minimum absolute atomic E-state index is 0.495. The number of aromatic nitrogens is 2. The van der Waals surface area contributed by atoms with Crippen LogP contribution in [0.5, 0.6) is 0 Å². The van der Waals surface area contributed by atoms with Crippen molar-refractivity contribution >= 4 is 23.1 Å². The van der Waals surface area contributed by atoms with Crippen LogP contribution in [0.4, 0.5) is 11.5 Å². The first-order valence-corrected chi connectivity index (χ1v) is 6.73. The second kappa shape index (κ2) is 5.57. The maximum Gasteiger partial charge on any atom is 0.138 e. The Morgan fingerprint density at radius 2 is 1.89 bits per heavy atom. The first-order valence-electron chi connectivity index (χ1n) is 6.35. The molecule has 4 heteroatoms. The molecule has 1 aromatic heterocycles. The van der Waals surface area contributed by atoms with Crippen LogP contribution in [0.15, 0.2) is 24.3 Å². The van der Waals surface area contributed by atoms with Gasteiger partial charge in [-0.1, -0.05) is 37.6 Å². The lowest BCUT2D eigenvalue weighted by molar-refractivity contribution is 0.867. The molecule has 1 N–H and O–H groups in total. The third-order valence-electron chi connectivity index (χ3n) is 3.01. The van der Waals surface area contributed by atoms with Crippen molar-refractivity contribution in [2.24, 2.45) is 0 Å². The Morgan fingerprint density at radius 3 is 2.58 bits per heavy atom. The summed E-state index contributed by atoms with van der Waals surface area (Å²) < 4.78 is 0. The maximum absolute atomic E-state index is 6.08. The Balaban J connectivity index is 2.33. The molecule has 0 aliphatic rings. The SMILES string of the molecule is Cc1nc(Cl)c(C)c(Nc2cccc(C(C)C)c2)n1. The number of nitrogens with one attached hydrogen (secondary N) is 1. The lowest BCUT2D eigenvalue weighted by Crippen LogP contribution is -2.01. The number of nitrogens with zero attached hydrogens (tertiary/aromatic N) is 2. The van der Waals surface area contributed by atoms with Crippen LogP contribution >= 0.6 is 11.6 Å². The molecule has 0 spiro atoms. The van der Waals surface area contributed by atoms with Gasteiger partial charge in [0.1, 0.15) is 16.8 Å². The summed E-state index contributed by atoms with van der Waals surface area (Å²) in [4.78, 5) is 8.53. The number of hydrogen-bond acceptors (Lipinski definition) is 3. The molecule has 0 bridgehead atoms. The van der Waals surface area contributed by atoms with Crippen LogP contribution in [0.3, 0.4) is 0 Å². The van der Waals surface area contributed by atoms with Gasteiger partial charge in [-0.3, -0.25) is 0 Å². The number of hydrogen-bond donors (Lipinski definition) is 1. The summed E-state index contributed by atoms with van der Waals surface area (Å²) in [5.41, 5.74) is 3.17. The summed E-state index contributed by atoms with van der Waals surface area (Å²) >= 11 is 6.08. The van der Waals surface area contributed by atoms with Gasteiger partial charge in [0.05, 0.1) is 0 Å². The highest BCUT2D eigenvalue weighted by Gasteiger charge is 2.08. The summed E-state index contributed by atoms with van der Waals surface area (Å²) in [5.74, 6) is 1.93. The Bertz CT molecular complexity index is 594. The molecule has 0 fully saturated rings. The number of anilines is 2. The number of aryl methyl sites for hydroxylation is 1.